The standard InChI is InChI=1S/C15H7Cl4NO/c16-9-4-8(5-10(17)6-9)15(21)11(7-20)14-12(18)2-1-3-13(14)19/h1-6,11H. The molecule has 0 heterocycles. The van der Waals surface area contributed by atoms with E-state index in [1.54, 1.807) is 18.2 Å². The smallest absolute Gasteiger partial charge is 0.184 e. The molecule has 2 nitrogen and oxygen atoms in total. The summed E-state index contributed by atoms with van der Waals surface area (Å²) in [7, 11) is 0. The molecule has 0 aliphatic heterocycles. The van der Waals surface area contributed by atoms with Gasteiger partial charge in [0.1, 0.15) is 5.92 Å². The quantitative estimate of drug-likeness (QED) is 0.651. The molecule has 106 valence electrons. The minimum absolute atomic E-state index is 0.232. The molecular formula is C15H7Cl4NO. The van der Waals surface area contributed by atoms with Crippen LogP contribution in [0.25, 0.3) is 0 Å². The first kappa shape index (κ1) is 16.1. The van der Waals surface area contributed by atoms with Crippen LogP contribution in [-0.2, 0) is 0 Å². The number of nitrogens with zero attached hydrogens (tertiary/aromatic N) is 1. The van der Waals surface area contributed by atoms with Gasteiger partial charge >= 0.3 is 0 Å². The third kappa shape index (κ3) is 3.51. The van der Waals surface area contributed by atoms with Crippen LogP contribution in [0.3, 0.4) is 0 Å². The molecule has 2 aromatic rings. The minimum atomic E-state index is -1.12. The summed E-state index contributed by atoms with van der Waals surface area (Å²) in [6.07, 6.45) is 0. The zero-order valence-electron chi connectivity index (χ0n) is 10.4. The number of halogens is 4. The SMILES string of the molecule is N#CC(C(=O)c1cc(Cl)cc(Cl)c1)c1c(Cl)cccc1Cl. The van der Waals surface area contributed by atoms with Crippen LogP contribution in [0.5, 0.6) is 0 Å². The monoisotopic (exact) mass is 357 g/mol. The molecule has 6 heteroatoms. The molecule has 2 aromatic carbocycles. The van der Waals surface area contributed by atoms with Crippen LogP contribution in [0, 0.1) is 11.3 Å². The maximum absolute atomic E-state index is 12.5. The predicted molar refractivity (Wildman–Crippen MR) is 85.6 cm³/mol. The number of Topliss-reactive ketones (excluding diaryl/α,β-unsaturated/α-hetero) is 1. The van der Waals surface area contributed by atoms with Crippen molar-refractivity contribution in [3.63, 3.8) is 0 Å². The van der Waals surface area contributed by atoms with E-state index in [1.807, 2.05) is 6.07 Å². The Kier molecular flexibility index (Phi) is 5.13. The van der Waals surface area contributed by atoms with E-state index in [9.17, 15) is 10.1 Å². The van der Waals surface area contributed by atoms with E-state index in [4.69, 9.17) is 46.4 Å². The molecule has 0 radical (unpaired) electrons. The number of benzene rings is 2. The van der Waals surface area contributed by atoms with E-state index < -0.39 is 11.7 Å². The van der Waals surface area contributed by atoms with Crippen LogP contribution in [-0.4, -0.2) is 5.78 Å². The largest absolute Gasteiger partial charge is 0.292 e. The molecule has 0 bridgehead atoms. The Morgan fingerprint density at radius 2 is 1.52 bits per heavy atom. The first-order chi connectivity index (χ1) is 9.93. The maximum atomic E-state index is 12.5. The average Bonchev–Trinajstić information content (AvgIpc) is 2.41. The van der Waals surface area contributed by atoms with Gasteiger partial charge in [0, 0.05) is 31.2 Å². The molecule has 0 amide bonds. The van der Waals surface area contributed by atoms with Crippen molar-refractivity contribution >= 4 is 52.2 Å². The molecule has 0 aliphatic carbocycles. The molecule has 0 saturated carbocycles. The summed E-state index contributed by atoms with van der Waals surface area (Å²) in [5.41, 5.74) is 0.513. The van der Waals surface area contributed by atoms with Gasteiger partial charge in [-0.05, 0) is 30.3 Å². The van der Waals surface area contributed by atoms with Gasteiger partial charge in [0.15, 0.2) is 5.78 Å². The lowest BCUT2D eigenvalue weighted by atomic mass is 9.91. The zero-order valence-corrected chi connectivity index (χ0v) is 13.4. The van der Waals surface area contributed by atoms with Gasteiger partial charge in [-0.25, -0.2) is 0 Å². The lowest BCUT2D eigenvalue weighted by molar-refractivity contribution is 0.0979. The van der Waals surface area contributed by atoms with Gasteiger partial charge in [-0.15, -0.1) is 0 Å². The summed E-state index contributed by atoms with van der Waals surface area (Å²) in [4.78, 5) is 12.5. The topological polar surface area (TPSA) is 40.9 Å². The number of nitriles is 1. The van der Waals surface area contributed by atoms with E-state index in [2.05, 4.69) is 0 Å². The molecule has 0 spiro atoms. The van der Waals surface area contributed by atoms with Crippen LogP contribution in [0.15, 0.2) is 36.4 Å². The third-order valence-corrected chi connectivity index (χ3v) is 3.92. The Balaban J connectivity index is 2.52. The summed E-state index contributed by atoms with van der Waals surface area (Å²) < 4.78 is 0. The summed E-state index contributed by atoms with van der Waals surface area (Å²) in [5, 5.41) is 10.5. The fourth-order valence-corrected chi connectivity index (χ4v) is 3.05. The molecule has 0 aliphatic rings. The van der Waals surface area contributed by atoms with Gasteiger partial charge in [-0.2, -0.15) is 5.26 Å². The Morgan fingerprint density at radius 3 is 2.00 bits per heavy atom. The minimum Gasteiger partial charge on any atom is -0.292 e. The summed E-state index contributed by atoms with van der Waals surface area (Å²) in [5.74, 6) is -1.59. The Hall–Kier alpha value is -1.24. The number of ketones is 1. The maximum Gasteiger partial charge on any atom is 0.184 e. The summed E-state index contributed by atoms with van der Waals surface area (Å²) in [6, 6.07) is 11.1. The van der Waals surface area contributed by atoms with Gasteiger partial charge in [0.25, 0.3) is 0 Å². The molecule has 21 heavy (non-hydrogen) atoms. The number of hydrogen-bond donors (Lipinski definition) is 0. The highest BCUT2D eigenvalue weighted by Crippen LogP contribution is 2.34. The fourth-order valence-electron chi connectivity index (χ4n) is 1.90. The number of carbonyl (C=O) groups excluding carboxylic acids is 1. The number of carbonyl (C=O) groups is 1. The van der Waals surface area contributed by atoms with E-state index in [1.165, 1.54) is 18.2 Å². The van der Waals surface area contributed by atoms with Crippen molar-refractivity contribution in [2.45, 2.75) is 5.92 Å². The predicted octanol–water partition coefficient (Wildman–Crippen LogP) is 5.79. The second-order valence-electron chi connectivity index (χ2n) is 4.22. The average molecular weight is 359 g/mol. The third-order valence-electron chi connectivity index (χ3n) is 2.83. The van der Waals surface area contributed by atoms with Crippen molar-refractivity contribution in [1.82, 2.24) is 0 Å². The lowest BCUT2D eigenvalue weighted by Crippen LogP contribution is -2.12. The van der Waals surface area contributed by atoms with E-state index in [0.29, 0.717) is 10.0 Å². The van der Waals surface area contributed by atoms with Gasteiger partial charge in [-0.3, -0.25) is 4.79 Å². The van der Waals surface area contributed by atoms with Crippen molar-refractivity contribution < 1.29 is 4.79 Å². The highest BCUT2D eigenvalue weighted by Gasteiger charge is 2.26. The highest BCUT2D eigenvalue weighted by atomic mass is 35.5. The van der Waals surface area contributed by atoms with E-state index >= 15 is 0 Å². The van der Waals surface area contributed by atoms with Gasteiger partial charge < -0.3 is 0 Å². The van der Waals surface area contributed by atoms with Crippen molar-refractivity contribution in [1.29, 1.82) is 5.26 Å². The second-order valence-corrected chi connectivity index (χ2v) is 5.91. The van der Waals surface area contributed by atoms with Crippen LogP contribution >= 0.6 is 46.4 Å². The van der Waals surface area contributed by atoms with Gasteiger partial charge in [0.2, 0.25) is 0 Å². The summed E-state index contributed by atoms with van der Waals surface area (Å²) in [6.45, 7) is 0. The molecule has 1 atom stereocenters. The van der Waals surface area contributed by atoms with Gasteiger partial charge in [0.05, 0.1) is 6.07 Å². The molecule has 0 saturated heterocycles. The highest BCUT2D eigenvalue weighted by molar-refractivity contribution is 6.37. The normalized spacial score (nSPS) is 11.8. The Morgan fingerprint density at radius 1 is 1.00 bits per heavy atom. The molecule has 1 unspecified atom stereocenters. The van der Waals surface area contributed by atoms with Crippen LogP contribution in [0.2, 0.25) is 20.1 Å². The molecule has 0 aromatic heterocycles. The summed E-state index contributed by atoms with van der Waals surface area (Å²) >= 11 is 23.9. The second kappa shape index (κ2) is 6.68. The van der Waals surface area contributed by atoms with Gasteiger partial charge in [-0.1, -0.05) is 52.5 Å². The Labute approximate surface area is 141 Å². The molecular weight excluding hydrogens is 352 g/mol. The van der Waals surface area contributed by atoms with E-state index in [0.717, 1.165) is 0 Å². The molecule has 0 N–H and O–H groups in total. The van der Waals surface area contributed by atoms with Crippen molar-refractivity contribution in [2.24, 2.45) is 0 Å². The van der Waals surface area contributed by atoms with E-state index in [-0.39, 0.29) is 21.2 Å². The van der Waals surface area contributed by atoms with Crippen LogP contribution < -0.4 is 0 Å². The van der Waals surface area contributed by atoms with Crippen LogP contribution in [0.4, 0.5) is 0 Å². The first-order valence-electron chi connectivity index (χ1n) is 5.78. The molecule has 2 rings (SSSR count). The number of hydrogen-bond acceptors (Lipinski definition) is 2. The zero-order chi connectivity index (χ0) is 15.6. The molecule has 0 fully saturated rings. The fraction of sp³-hybridized carbons (Fsp3) is 0.0667. The number of rotatable bonds is 3. The first-order valence-corrected chi connectivity index (χ1v) is 7.29. The Bertz CT molecular complexity index is 711. The van der Waals surface area contributed by atoms with Crippen molar-refractivity contribution in [2.75, 3.05) is 0 Å². The van der Waals surface area contributed by atoms with Crippen molar-refractivity contribution in [3.8, 4) is 6.07 Å². The van der Waals surface area contributed by atoms with Crippen LogP contribution in [0.1, 0.15) is 21.8 Å². The van der Waals surface area contributed by atoms with Crippen molar-refractivity contribution in [3.05, 3.63) is 67.6 Å². The lowest BCUT2D eigenvalue weighted by Gasteiger charge is -2.12.